The molecule has 0 bridgehead atoms. The first-order valence-electron chi connectivity index (χ1n) is 3.85. The van der Waals surface area contributed by atoms with Crippen molar-refractivity contribution in [2.45, 2.75) is 37.3 Å². The number of hydrogen-bond donors (Lipinski definition) is 3. The van der Waals surface area contributed by atoms with Crippen molar-refractivity contribution in [2.75, 3.05) is 0 Å². The molecule has 0 aromatic carbocycles. The second-order valence-corrected chi connectivity index (χ2v) is 3.20. The number of hydrogen-bond acceptors (Lipinski definition) is 3. The van der Waals surface area contributed by atoms with E-state index < -0.39 is 11.5 Å². The molecule has 11 heavy (non-hydrogen) atoms. The molecule has 0 aromatic rings. The first-order valence-corrected chi connectivity index (χ1v) is 3.85. The molecule has 0 saturated heterocycles. The molecule has 64 valence electrons. The number of carbonyl (C=O) groups is 1. The summed E-state index contributed by atoms with van der Waals surface area (Å²) >= 11 is 0. The van der Waals surface area contributed by atoms with Gasteiger partial charge in [0.05, 0.1) is 0 Å². The van der Waals surface area contributed by atoms with Crippen LogP contribution in [0.3, 0.4) is 0 Å². The van der Waals surface area contributed by atoms with Crippen LogP contribution in [0.4, 0.5) is 0 Å². The Balaban J connectivity index is 2.72. The number of nitrogens with two attached hydrogens (primary N) is 2. The van der Waals surface area contributed by atoms with Crippen molar-refractivity contribution in [3.8, 4) is 0 Å². The molecule has 4 heteroatoms. The van der Waals surface area contributed by atoms with Crippen LogP contribution >= 0.6 is 0 Å². The van der Waals surface area contributed by atoms with Crippen LogP contribution in [0.25, 0.3) is 0 Å². The van der Waals surface area contributed by atoms with Gasteiger partial charge in [-0.25, -0.2) is 0 Å². The van der Waals surface area contributed by atoms with E-state index in [0.717, 1.165) is 19.3 Å². The number of carboxylic acids is 1. The highest BCUT2D eigenvalue weighted by atomic mass is 16.4. The highest BCUT2D eigenvalue weighted by Crippen LogP contribution is 2.24. The Labute approximate surface area is 65.6 Å². The smallest absolute Gasteiger partial charge is 0.325 e. The number of aliphatic carboxylic acids is 1. The topological polar surface area (TPSA) is 89.3 Å². The van der Waals surface area contributed by atoms with Gasteiger partial charge in [-0.05, 0) is 12.8 Å². The molecule has 1 saturated carbocycles. The molecule has 0 aromatic heterocycles. The summed E-state index contributed by atoms with van der Waals surface area (Å²) in [5.74, 6) is -0.968. The third-order valence-electron chi connectivity index (χ3n) is 2.42. The van der Waals surface area contributed by atoms with Crippen molar-refractivity contribution in [3.05, 3.63) is 0 Å². The molecule has 4 nitrogen and oxygen atoms in total. The van der Waals surface area contributed by atoms with Crippen molar-refractivity contribution in [2.24, 2.45) is 11.5 Å². The Morgan fingerprint density at radius 3 is 2.55 bits per heavy atom. The van der Waals surface area contributed by atoms with Gasteiger partial charge in [-0.15, -0.1) is 0 Å². The van der Waals surface area contributed by atoms with Crippen molar-refractivity contribution in [3.63, 3.8) is 0 Å². The minimum Gasteiger partial charge on any atom is -0.480 e. The summed E-state index contributed by atoms with van der Waals surface area (Å²) in [5.41, 5.74) is 10.1. The van der Waals surface area contributed by atoms with E-state index in [4.69, 9.17) is 16.6 Å². The Morgan fingerprint density at radius 2 is 2.18 bits per heavy atom. The maximum absolute atomic E-state index is 10.7. The van der Waals surface area contributed by atoms with E-state index in [-0.39, 0.29) is 6.04 Å². The zero-order chi connectivity index (χ0) is 8.48. The highest BCUT2D eigenvalue weighted by Gasteiger charge is 2.41. The lowest BCUT2D eigenvalue weighted by Crippen LogP contribution is -2.62. The predicted molar refractivity (Wildman–Crippen MR) is 41.0 cm³/mol. The molecule has 1 fully saturated rings. The fourth-order valence-electron chi connectivity index (χ4n) is 1.49. The Hall–Kier alpha value is -0.610. The molecule has 0 spiro atoms. The summed E-state index contributed by atoms with van der Waals surface area (Å²) in [5, 5.41) is 8.76. The fraction of sp³-hybridized carbons (Fsp3) is 0.857. The van der Waals surface area contributed by atoms with Gasteiger partial charge in [0.25, 0.3) is 0 Å². The average Bonchev–Trinajstić information content (AvgIpc) is 1.95. The predicted octanol–water partition coefficient (Wildman–Crippen LogP) is -0.330. The average molecular weight is 158 g/mol. The first-order chi connectivity index (χ1) is 5.07. The van der Waals surface area contributed by atoms with Gasteiger partial charge >= 0.3 is 5.97 Å². The maximum Gasteiger partial charge on any atom is 0.325 e. The molecular weight excluding hydrogens is 144 g/mol. The van der Waals surface area contributed by atoms with Gasteiger partial charge in [0, 0.05) is 6.04 Å². The maximum atomic E-state index is 10.7. The zero-order valence-electron chi connectivity index (χ0n) is 6.42. The third-order valence-corrected chi connectivity index (χ3v) is 2.42. The van der Waals surface area contributed by atoms with Gasteiger partial charge in [0.2, 0.25) is 0 Å². The fourth-order valence-corrected chi connectivity index (χ4v) is 1.49. The van der Waals surface area contributed by atoms with Gasteiger partial charge in [-0.1, -0.05) is 12.8 Å². The zero-order valence-corrected chi connectivity index (χ0v) is 6.42. The largest absolute Gasteiger partial charge is 0.480 e. The molecule has 1 rings (SSSR count). The Kier molecular flexibility index (Phi) is 2.15. The van der Waals surface area contributed by atoms with Crippen LogP contribution in [0.1, 0.15) is 25.7 Å². The van der Waals surface area contributed by atoms with E-state index in [1.807, 2.05) is 0 Å². The van der Waals surface area contributed by atoms with Crippen LogP contribution in [0.5, 0.6) is 0 Å². The lowest BCUT2D eigenvalue weighted by molar-refractivity contribution is -0.145. The van der Waals surface area contributed by atoms with E-state index in [1.54, 1.807) is 0 Å². The van der Waals surface area contributed by atoms with Crippen LogP contribution in [0, 0.1) is 0 Å². The summed E-state index contributed by atoms with van der Waals surface area (Å²) < 4.78 is 0. The monoisotopic (exact) mass is 158 g/mol. The molecule has 2 atom stereocenters. The minimum atomic E-state index is -1.17. The summed E-state index contributed by atoms with van der Waals surface area (Å²) in [6.07, 6.45) is 3.09. The summed E-state index contributed by atoms with van der Waals surface area (Å²) in [4.78, 5) is 10.7. The second kappa shape index (κ2) is 2.79. The van der Waals surface area contributed by atoms with Crippen LogP contribution in [-0.4, -0.2) is 22.7 Å². The second-order valence-electron chi connectivity index (χ2n) is 3.20. The Morgan fingerprint density at radius 1 is 1.55 bits per heavy atom. The van der Waals surface area contributed by atoms with E-state index in [0.29, 0.717) is 6.42 Å². The SMILES string of the molecule is NC1CCCC[C@]1(N)C(=O)O. The third kappa shape index (κ3) is 1.36. The van der Waals surface area contributed by atoms with E-state index >= 15 is 0 Å². The van der Waals surface area contributed by atoms with Gasteiger partial charge in [-0.3, -0.25) is 4.79 Å². The summed E-state index contributed by atoms with van der Waals surface area (Å²) in [7, 11) is 0. The van der Waals surface area contributed by atoms with Crippen LogP contribution in [0.15, 0.2) is 0 Å². The van der Waals surface area contributed by atoms with E-state index in [9.17, 15) is 4.79 Å². The van der Waals surface area contributed by atoms with Crippen molar-refractivity contribution < 1.29 is 9.90 Å². The van der Waals surface area contributed by atoms with Gasteiger partial charge in [-0.2, -0.15) is 0 Å². The first kappa shape index (κ1) is 8.49. The standard InChI is InChI=1S/C7H14N2O2/c8-5-3-1-2-4-7(5,9)6(10)11/h5H,1-4,8-9H2,(H,10,11)/t5?,7-/m1/s1. The van der Waals surface area contributed by atoms with Gasteiger partial charge in [0.1, 0.15) is 5.54 Å². The summed E-state index contributed by atoms with van der Waals surface area (Å²) in [6.45, 7) is 0. The molecular formula is C7H14N2O2. The number of rotatable bonds is 1. The van der Waals surface area contributed by atoms with Gasteiger partial charge < -0.3 is 16.6 Å². The summed E-state index contributed by atoms with van der Waals surface area (Å²) in [6, 6.07) is -0.381. The highest BCUT2D eigenvalue weighted by molar-refractivity contribution is 5.79. The van der Waals surface area contributed by atoms with Crippen molar-refractivity contribution in [1.29, 1.82) is 0 Å². The molecule has 1 unspecified atom stereocenters. The van der Waals surface area contributed by atoms with Crippen LogP contribution < -0.4 is 11.5 Å². The molecule has 0 amide bonds. The molecule has 1 aliphatic rings. The molecule has 0 heterocycles. The normalized spacial score (nSPS) is 38.5. The minimum absolute atomic E-state index is 0.381. The van der Waals surface area contributed by atoms with Gasteiger partial charge in [0.15, 0.2) is 0 Å². The quantitative estimate of drug-likeness (QED) is 0.487. The lowest BCUT2D eigenvalue weighted by Gasteiger charge is -2.34. The van der Waals surface area contributed by atoms with Crippen molar-refractivity contribution >= 4 is 5.97 Å². The molecule has 0 aliphatic heterocycles. The van der Waals surface area contributed by atoms with E-state index in [1.165, 1.54) is 0 Å². The lowest BCUT2D eigenvalue weighted by atomic mass is 9.79. The van der Waals surface area contributed by atoms with Crippen molar-refractivity contribution in [1.82, 2.24) is 0 Å². The molecule has 1 aliphatic carbocycles. The number of carboxylic acid groups (broad SMARTS) is 1. The van der Waals surface area contributed by atoms with Crippen LogP contribution in [-0.2, 0) is 4.79 Å². The van der Waals surface area contributed by atoms with Crippen LogP contribution in [0.2, 0.25) is 0 Å². The van der Waals surface area contributed by atoms with E-state index in [2.05, 4.69) is 0 Å². The molecule has 5 N–H and O–H groups in total. The molecule has 0 radical (unpaired) electrons. The Bertz CT molecular complexity index is 172.